The summed E-state index contributed by atoms with van der Waals surface area (Å²) in [6.07, 6.45) is 16.0. The quantitative estimate of drug-likeness (QED) is 0.132. The molecular weight excluding hydrogens is 1110 g/mol. The van der Waals surface area contributed by atoms with E-state index in [1.165, 1.54) is 23.3 Å². The van der Waals surface area contributed by atoms with Crippen molar-refractivity contribution in [3.63, 3.8) is 0 Å². The van der Waals surface area contributed by atoms with Crippen molar-refractivity contribution in [2.75, 3.05) is 75.2 Å². The average Bonchev–Trinajstić information content (AvgIpc) is 3.64. The van der Waals surface area contributed by atoms with Gasteiger partial charge in [0, 0.05) is 71.5 Å². The number of rotatable bonds is 11. The van der Waals surface area contributed by atoms with E-state index in [1.807, 2.05) is 128 Å². The topological polar surface area (TPSA) is 141 Å². The van der Waals surface area contributed by atoms with Crippen molar-refractivity contribution >= 4 is 58.7 Å². The van der Waals surface area contributed by atoms with Crippen LogP contribution in [0.1, 0.15) is 104 Å². The minimum Gasteiger partial charge on any atom is -0.445 e. The second kappa shape index (κ2) is 27.9. The van der Waals surface area contributed by atoms with E-state index in [0.29, 0.717) is 32.3 Å². The lowest BCUT2D eigenvalue weighted by atomic mass is 10.00. The molecule has 86 heavy (non-hydrogen) atoms. The molecule has 6 aliphatic rings. The number of ether oxygens (including phenoxy) is 2. The molecule has 0 unspecified atom stereocenters. The average molecular weight is 1190 g/mol. The summed E-state index contributed by atoms with van der Waals surface area (Å²) in [6.45, 7) is 11.2. The van der Waals surface area contributed by atoms with Crippen molar-refractivity contribution in [1.82, 2.24) is 49.2 Å². The van der Waals surface area contributed by atoms with Crippen LogP contribution in [-0.2, 0) is 22.7 Å². The third-order valence-electron chi connectivity index (χ3n) is 17.4. The molecule has 0 radical (unpaired) electrons. The molecule has 16 nitrogen and oxygen atoms in total. The van der Waals surface area contributed by atoms with E-state index in [2.05, 4.69) is 49.1 Å². The third kappa shape index (κ3) is 14.0. The number of carbonyl (C=O) groups is 2. The second-order valence-corrected chi connectivity index (χ2v) is 23.0. The maximum atomic E-state index is 14.0. The maximum absolute atomic E-state index is 14.0. The van der Waals surface area contributed by atoms with E-state index in [1.54, 1.807) is 24.3 Å². The summed E-state index contributed by atoms with van der Waals surface area (Å²) >= 11 is 0. The summed E-state index contributed by atoms with van der Waals surface area (Å²) in [7, 11) is 0. The third-order valence-corrected chi connectivity index (χ3v) is 17.4. The van der Waals surface area contributed by atoms with Gasteiger partial charge in [-0.3, -0.25) is 4.90 Å². The van der Waals surface area contributed by atoms with Crippen LogP contribution in [-0.4, -0.2) is 128 Å². The van der Waals surface area contributed by atoms with Gasteiger partial charge in [0.25, 0.3) is 0 Å². The number of halogens is 3. The van der Waals surface area contributed by atoms with Crippen LogP contribution in [0.5, 0.6) is 0 Å². The highest BCUT2D eigenvalue weighted by atomic mass is 35.5. The van der Waals surface area contributed by atoms with Gasteiger partial charge in [-0.25, -0.2) is 37.4 Å². The number of carbonyl (C=O) groups excluding carboxylic acids is 2. The number of amides is 2. The van der Waals surface area contributed by atoms with Crippen molar-refractivity contribution in [3.05, 3.63) is 203 Å². The lowest BCUT2D eigenvalue weighted by molar-refractivity contribution is 0.0737. The Hall–Kier alpha value is -8.19. The number of nitrogens with one attached hydrogen (secondary N) is 1. The predicted molar refractivity (Wildman–Crippen MR) is 333 cm³/mol. The molecule has 0 aliphatic carbocycles. The van der Waals surface area contributed by atoms with Crippen LogP contribution in [0.3, 0.4) is 0 Å². The first-order valence-corrected chi connectivity index (χ1v) is 30.2. The molecule has 2 amide bonds. The number of aromatic nitrogens is 6. The Kier molecular flexibility index (Phi) is 19.3. The molecule has 19 heteroatoms. The van der Waals surface area contributed by atoms with Crippen LogP contribution in [0.4, 0.5) is 30.0 Å². The zero-order chi connectivity index (χ0) is 58.1. The Balaban J connectivity index is 0.000000148. The second-order valence-electron chi connectivity index (χ2n) is 23.0. The number of hydrogen-bond donors (Lipinski definition) is 1. The van der Waals surface area contributed by atoms with Crippen molar-refractivity contribution in [2.45, 2.75) is 89.6 Å². The van der Waals surface area contributed by atoms with Gasteiger partial charge in [-0.2, -0.15) is 0 Å². The molecule has 8 aromatic rings. The van der Waals surface area contributed by atoms with Crippen LogP contribution in [0.15, 0.2) is 158 Å². The molecule has 4 saturated heterocycles. The molecule has 14 rings (SSSR count). The zero-order valence-corrected chi connectivity index (χ0v) is 49.5. The largest absolute Gasteiger partial charge is 0.445 e. The maximum Gasteiger partial charge on any atom is 0.410 e. The molecule has 4 aromatic heterocycles. The molecule has 6 aliphatic heterocycles. The first-order chi connectivity index (χ1) is 41.7. The van der Waals surface area contributed by atoms with Gasteiger partial charge < -0.3 is 34.4 Å². The standard InChI is InChI=1S/C33H35FN6O2.C20H20FN5.C14H19NO2.ClH/c34-27-9-4-8-25(20-27)29-10-5-16-39(29)32-12-11-31-35-21-30(40(31)36-32)26-13-17-38(22-26)28-14-18-37(19-15-28)33(41)42-23-24-6-2-1-3-7-24;21-16-4-1-3-14(11-16)17-5-2-10-25(17)20-7-6-19-23-13-18(26(19)24-20)15-8-9-22-12-15;1-12-7-9-15(10-8-12)14(16)17-11-13-5-3-2-4-6-13;/h1-4,6-9,11-13,20-21,28-29H,5,10,14-19,22-23H2;1,3-4,6-8,11,13,17,22H,2,5,9-10,12H2;2-6,12H,7-11H2,1H3;1H/t29-;17-;;/m11../s1. The molecule has 0 bridgehead atoms. The van der Waals surface area contributed by atoms with E-state index in [0.717, 1.165) is 166 Å². The lowest BCUT2D eigenvalue weighted by Crippen LogP contribution is -2.46. The Bertz CT molecular complexity index is 3640. The van der Waals surface area contributed by atoms with E-state index < -0.39 is 0 Å². The molecule has 0 saturated carbocycles. The summed E-state index contributed by atoms with van der Waals surface area (Å²) in [5.41, 5.74) is 10.2. The van der Waals surface area contributed by atoms with E-state index in [9.17, 15) is 18.4 Å². The Labute approximate surface area is 507 Å². The van der Waals surface area contributed by atoms with Crippen molar-refractivity contribution in [2.24, 2.45) is 5.92 Å². The van der Waals surface area contributed by atoms with Crippen molar-refractivity contribution in [1.29, 1.82) is 0 Å². The first-order valence-electron chi connectivity index (χ1n) is 30.2. The molecule has 4 fully saturated rings. The molecule has 448 valence electrons. The van der Waals surface area contributed by atoms with Crippen LogP contribution in [0.25, 0.3) is 22.4 Å². The number of nitrogens with zero attached hydrogens (tertiary/aromatic N) is 11. The molecule has 2 atom stereocenters. The fraction of sp³-hybridized carbons (Fsp3) is 0.373. The van der Waals surface area contributed by atoms with Crippen molar-refractivity contribution < 1.29 is 27.8 Å². The number of benzene rings is 4. The highest BCUT2D eigenvalue weighted by molar-refractivity contribution is 5.85. The van der Waals surface area contributed by atoms with Gasteiger partial charge in [0.1, 0.15) is 36.5 Å². The number of piperidine rings is 2. The summed E-state index contributed by atoms with van der Waals surface area (Å²) in [4.78, 5) is 44.2. The molecule has 1 N–H and O–H groups in total. The monoisotopic (exact) mass is 1180 g/mol. The fourth-order valence-electron chi connectivity index (χ4n) is 12.6. The van der Waals surface area contributed by atoms with Gasteiger partial charge in [0.2, 0.25) is 0 Å². The van der Waals surface area contributed by atoms with E-state index in [4.69, 9.17) is 19.7 Å². The van der Waals surface area contributed by atoms with Crippen molar-refractivity contribution in [3.8, 4) is 0 Å². The molecule has 4 aromatic carbocycles. The number of anilines is 2. The number of fused-ring (bicyclic) bond motifs is 2. The van der Waals surface area contributed by atoms with Crippen LogP contribution in [0.2, 0.25) is 0 Å². The molecule has 10 heterocycles. The van der Waals surface area contributed by atoms with Gasteiger partial charge in [-0.05, 0) is 139 Å². The number of imidazole rings is 2. The zero-order valence-electron chi connectivity index (χ0n) is 48.7. The highest BCUT2D eigenvalue weighted by Crippen LogP contribution is 2.38. The van der Waals surface area contributed by atoms with E-state index in [-0.39, 0.29) is 48.3 Å². The minimum absolute atomic E-state index is 0. The normalized spacial score (nSPS) is 19.2. The fourth-order valence-corrected chi connectivity index (χ4v) is 12.6. The van der Waals surface area contributed by atoms with Crippen LogP contribution < -0.4 is 15.1 Å². The Morgan fingerprint density at radius 1 is 0.570 bits per heavy atom. The van der Waals surface area contributed by atoms with Gasteiger partial charge in [-0.1, -0.05) is 104 Å². The summed E-state index contributed by atoms with van der Waals surface area (Å²) < 4.78 is 42.4. The minimum atomic E-state index is -0.234. The van der Waals surface area contributed by atoms with E-state index >= 15 is 0 Å². The van der Waals surface area contributed by atoms with Gasteiger partial charge in [0.15, 0.2) is 11.3 Å². The molecular formula is C67H75ClF2N12O4. The van der Waals surface area contributed by atoms with Gasteiger partial charge >= 0.3 is 12.2 Å². The highest BCUT2D eigenvalue weighted by Gasteiger charge is 2.33. The summed E-state index contributed by atoms with van der Waals surface area (Å²) in [6, 6.07) is 42.2. The van der Waals surface area contributed by atoms with Gasteiger partial charge in [-0.15, -0.1) is 22.6 Å². The Morgan fingerprint density at radius 2 is 1.07 bits per heavy atom. The predicted octanol–water partition coefficient (Wildman–Crippen LogP) is 12.4. The van der Waals surface area contributed by atoms with Crippen LogP contribution >= 0.6 is 12.4 Å². The summed E-state index contributed by atoms with van der Waals surface area (Å²) in [5, 5.41) is 13.2. The summed E-state index contributed by atoms with van der Waals surface area (Å²) in [5.74, 6) is 2.14. The first kappa shape index (κ1) is 59.5. The van der Waals surface area contributed by atoms with Crippen LogP contribution in [0, 0.1) is 17.6 Å². The number of likely N-dealkylation sites (tertiary alicyclic amines) is 2. The smallest absolute Gasteiger partial charge is 0.410 e. The SMILES string of the molecule is CC1CCN(C(=O)OCc2ccccc2)CC1.Cl.Fc1cccc([C@H]2CCCN2c2ccc3ncc(C4=CCNC4)n3n2)c1.O=C(OCc1ccccc1)N1CCC(N2CC=C(c3cnc4ccc(N5CCC[C@@H]5c5cccc(F)c5)nn34)C2)CC1. The number of hydrogen-bond acceptors (Lipinski definition) is 12. The molecule has 0 spiro atoms. The lowest BCUT2D eigenvalue weighted by Gasteiger charge is -2.36. The Morgan fingerprint density at radius 3 is 1.56 bits per heavy atom. The van der Waals surface area contributed by atoms with Gasteiger partial charge in [0.05, 0.1) is 35.9 Å².